The molecule has 0 aliphatic carbocycles. The van der Waals surface area contributed by atoms with Crippen LogP contribution in [-0.4, -0.2) is 10.9 Å². The topological polar surface area (TPSA) is 44.9 Å². The second-order valence-corrected chi connectivity index (χ2v) is 4.66. The molecule has 3 heteroatoms. The third-order valence-corrected chi connectivity index (χ3v) is 3.16. The van der Waals surface area contributed by atoms with Gasteiger partial charge in [0.1, 0.15) is 0 Å². The van der Waals surface area contributed by atoms with Crippen LogP contribution in [0.2, 0.25) is 0 Å². The van der Waals surface area contributed by atoms with Crippen LogP contribution >= 0.6 is 0 Å². The highest BCUT2D eigenvalue weighted by atomic mass is 16.1. The van der Waals surface area contributed by atoms with Crippen molar-refractivity contribution in [2.45, 2.75) is 26.2 Å². The average Bonchev–Trinajstić information content (AvgIpc) is 2.77. The Kier molecular flexibility index (Phi) is 1.84. The van der Waals surface area contributed by atoms with E-state index in [0.29, 0.717) is 12.3 Å². The zero-order valence-corrected chi connectivity index (χ0v) is 9.42. The quantitative estimate of drug-likeness (QED) is 0.753. The van der Waals surface area contributed by atoms with Gasteiger partial charge < -0.3 is 10.3 Å². The minimum Gasteiger partial charge on any atom is -0.358 e. The van der Waals surface area contributed by atoms with Crippen LogP contribution in [0, 0.1) is 0 Å². The molecule has 1 amide bonds. The first-order valence-corrected chi connectivity index (χ1v) is 5.59. The van der Waals surface area contributed by atoms with E-state index in [9.17, 15) is 4.79 Å². The molecule has 2 aromatic rings. The van der Waals surface area contributed by atoms with Gasteiger partial charge >= 0.3 is 0 Å². The normalized spacial score (nSPS) is 14.6. The minimum absolute atomic E-state index is 0.0863. The van der Waals surface area contributed by atoms with Crippen LogP contribution in [0.15, 0.2) is 18.2 Å². The standard InChI is InChI=1S/C13H14N2O/c1-7(2)11-5-8-3-4-10-9(13(8)15-11)6-12(16)14-10/h3-5,7,15H,6H2,1-2H3,(H,14,16). The first-order valence-electron chi connectivity index (χ1n) is 5.59. The molecule has 2 N–H and O–H groups in total. The van der Waals surface area contributed by atoms with Crippen molar-refractivity contribution in [3.63, 3.8) is 0 Å². The van der Waals surface area contributed by atoms with Crippen molar-refractivity contribution >= 4 is 22.5 Å². The van der Waals surface area contributed by atoms with Crippen molar-refractivity contribution < 1.29 is 4.79 Å². The fraction of sp³-hybridized carbons (Fsp3) is 0.308. The number of aromatic amines is 1. The maximum absolute atomic E-state index is 11.4. The second kappa shape index (κ2) is 3.11. The number of aromatic nitrogens is 1. The van der Waals surface area contributed by atoms with Crippen molar-refractivity contribution in [1.82, 2.24) is 4.98 Å². The first-order chi connectivity index (χ1) is 7.65. The number of H-pyrrole nitrogens is 1. The van der Waals surface area contributed by atoms with E-state index in [4.69, 9.17) is 0 Å². The van der Waals surface area contributed by atoms with Gasteiger partial charge in [-0.1, -0.05) is 19.9 Å². The lowest BCUT2D eigenvalue weighted by atomic mass is 10.1. The molecule has 0 bridgehead atoms. The Morgan fingerprint density at radius 1 is 1.31 bits per heavy atom. The number of hydrogen-bond donors (Lipinski definition) is 2. The maximum Gasteiger partial charge on any atom is 0.228 e. The average molecular weight is 214 g/mol. The minimum atomic E-state index is 0.0863. The third-order valence-electron chi connectivity index (χ3n) is 3.16. The molecule has 0 atom stereocenters. The number of rotatable bonds is 1. The Morgan fingerprint density at radius 3 is 2.88 bits per heavy atom. The maximum atomic E-state index is 11.4. The number of carbonyl (C=O) groups excluding carboxylic acids is 1. The molecular weight excluding hydrogens is 200 g/mol. The van der Waals surface area contributed by atoms with Crippen LogP contribution in [0.1, 0.15) is 31.0 Å². The van der Waals surface area contributed by atoms with Crippen molar-refractivity contribution in [2.24, 2.45) is 0 Å². The smallest absolute Gasteiger partial charge is 0.228 e. The Hall–Kier alpha value is -1.77. The molecule has 1 aliphatic heterocycles. The number of amides is 1. The van der Waals surface area contributed by atoms with Crippen LogP contribution in [0.3, 0.4) is 0 Å². The monoisotopic (exact) mass is 214 g/mol. The number of carbonyl (C=O) groups is 1. The van der Waals surface area contributed by atoms with Gasteiger partial charge in [0.05, 0.1) is 11.9 Å². The van der Waals surface area contributed by atoms with Gasteiger partial charge in [-0.2, -0.15) is 0 Å². The van der Waals surface area contributed by atoms with Crippen molar-refractivity contribution in [1.29, 1.82) is 0 Å². The van der Waals surface area contributed by atoms with Crippen LogP contribution in [-0.2, 0) is 11.2 Å². The van der Waals surface area contributed by atoms with Gasteiger partial charge in [-0.25, -0.2) is 0 Å². The second-order valence-electron chi connectivity index (χ2n) is 4.66. The molecule has 16 heavy (non-hydrogen) atoms. The van der Waals surface area contributed by atoms with Gasteiger partial charge in [0.15, 0.2) is 0 Å². The molecule has 1 aromatic heterocycles. The van der Waals surface area contributed by atoms with Crippen molar-refractivity contribution in [3.8, 4) is 0 Å². The fourth-order valence-electron chi connectivity index (χ4n) is 2.25. The Balaban J connectivity index is 2.25. The molecule has 1 aliphatic rings. The number of benzene rings is 1. The molecule has 0 unspecified atom stereocenters. The summed E-state index contributed by atoms with van der Waals surface area (Å²) in [6, 6.07) is 6.21. The molecule has 1 aromatic carbocycles. The SMILES string of the molecule is CC(C)c1cc2ccc3c(c2[nH]1)CC(=O)N3. The Bertz CT molecular complexity index is 581. The largest absolute Gasteiger partial charge is 0.358 e. The fourth-order valence-corrected chi connectivity index (χ4v) is 2.25. The van der Waals surface area contributed by atoms with Gasteiger partial charge in [-0.3, -0.25) is 4.79 Å². The van der Waals surface area contributed by atoms with E-state index in [2.05, 4.69) is 36.3 Å². The lowest BCUT2D eigenvalue weighted by Gasteiger charge is -2.00. The molecule has 0 radical (unpaired) electrons. The molecule has 3 rings (SSSR count). The highest BCUT2D eigenvalue weighted by molar-refractivity contribution is 6.05. The first kappa shape index (κ1) is 9.46. The number of nitrogens with one attached hydrogen (secondary N) is 2. The van der Waals surface area contributed by atoms with Gasteiger partial charge in [-0.05, 0) is 18.1 Å². The van der Waals surface area contributed by atoms with Gasteiger partial charge in [-0.15, -0.1) is 0 Å². The summed E-state index contributed by atoms with van der Waals surface area (Å²) in [6.07, 6.45) is 0.491. The summed E-state index contributed by atoms with van der Waals surface area (Å²) in [6.45, 7) is 4.32. The van der Waals surface area contributed by atoms with Crippen molar-refractivity contribution in [2.75, 3.05) is 5.32 Å². The lowest BCUT2D eigenvalue weighted by molar-refractivity contribution is -0.115. The summed E-state index contributed by atoms with van der Waals surface area (Å²) in [7, 11) is 0. The van der Waals surface area contributed by atoms with Gasteiger partial charge in [0.25, 0.3) is 0 Å². The van der Waals surface area contributed by atoms with E-state index < -0.39 is 0 Å². The summed E-state index contributed by atoms with van der Waals surface area (Å²) in [5, 5.41) is 4.06. The summed E-state index contributed by atoms with van der Waals surface area (Å²) < 4.78 is 0. The van der Waals surface area contributed by atoms with E-state index >= 15 is 0 Å². The molecule has 0 saturated heterocycles. The number of anilines is 1. The summed E-state index contributed by atoms with van der Waals surface area (Å²) in [5.74, 6) is 0.566. The highest BCUT2D eigenvalue weighted by Gasteiger charge is 2.21. The summed E-state index contributed by atoms with van der Waals surface area (Å²) in [4.78, 5) is 14.8. The summed E-state index contributed by atoms with van der Waals surface area (Å²) >= 11 is 0. The van der Waals surface area contributed by atoms with E-state index in [1.165, 1.54) is 11.1 Å². The van der Waals surface area contributed by atoms with Gasteiger partial charge in [0.2, 0.25) is 5.91 Å². The van der Waals surface area contributed by atoms with E-state index in [1.54, 1.807) is 0 Å². The molecule has 0 fully saturated rings. The predicted octanol–water partition coefficient (Wildman–Crippen LogP) is 2.79. The van der Waals surface area contributed by atoms with Crippen molar-refractivity contribution in [3.05, 3.63) is 29.5 Å². The third kappa shape index (κ3) is 1.24. The predicted molar refractivity (Wildman–Crippen MR) is 64.7 cm³/mol. The molecule has 0 spiro atoms. The molecule has 0 saturated carbocycles. The number of fused-ring (bicyclic) bond motifs is 3. The van der Waals surface area contributed by atoms with Crippen LogP contribution < -0.4 is 5.32 Å². The van der Waals surface area contributed by atoms with Crippen LogP contribution in [0.25, 0.3) is 10.9 Å². The highest BCUT2D eigenvalue weighted by Crippen LogP contribution is 2.32. The summed E-state index contributed by atoms with van der Waals surface area (Å²) in [5.41, 5.74) is 4.39. The van der Waals surface area contributed by atoms with E-state index in [0.717, 1.165) is 16.8 Å². The molecule has 3 nitrogen and oxygen atoms in total. The lowest BCUT2D eigenvalue weighted by Crippen LogP contribution is -2.03. The zero-order chi connectivity index (χ0) is 11.3. The van der Waals surface area contributed by atoms with Crippen LogP contribution in [0.4, 0.5) is 5.69 Å². The Labute approximate surface area is 93.9 Å². The van der Waals surface area contributed by atoms with Crippen LogP contribution in [0.5, 0.6) is 0 Å². The van der Waals surface area contributed by atoms with Gasteiger partial charge in [0, 0.05) is 22.3 Å². The van der Waals surface area contributed by atoms with E-state index in [1.807, 2.05) is 6.07 Å². The Morgan fingerprint density at radius 2 is 2.12 bits per heavy atom. The number of hydrogen-bond acceptors (Lipinski definition) is 1. The van der Waals surface area contributed by atoms with E-state index in [-0.39, 0.29) is 5.91 Å². The molecule has 2 heterocycles. The molecular formula is C13H14N2O. The zero-order valence-electron chi connectivity index (χ0n) is 9.42. The molecule has 82 valence electrons.